The fraction of sp³-hybridized carbons (Fsp3) is 0.280. The Bertz CT molecular complexity index is 1360. The second kappa shape index (κ2) is 12.3. The molecule has 0 fully saturated rings. The molecule has 1 N–H and O–H groups in total. The van der Waals surface area contributed by atoms with E-state index in [1.54, 1.807) is 6.92 Å². The number of aryl methyl sites for hydroxylation is 1. The first-order valence-electron chi connectivity index (χ1n) is 11.2. The third kappa shape index (κ3) is 6.20. The lowest BCUT2D eigenvalue weighted by Crippen LogP contribution is -2.07. The first-order chi connectivity index (χ1) is 17.2. The second-order valence-electron chi connectivity index (χ2n) is 7.75. The predicted molar refractivity (Wildman–Crippen MR) is 140 cm³/mol. The molecule has 0 bridgehead atoms. The van der Waals surface area contributed by atoms with E-state index in [1.807, 2.05) is 13.8 Å². The van der Waals surface area contributed by atoms with Crippen LogP contribution < -0.4 is 10.1 Å². The number of benzene rings is 1. The largest absolute Gasteiger partial charge is 0.459 e. The highest BCUT2D eigenvalue weighted by Gasteiger charge is 2.18. The van der Waals surface area contributed by atoms with Crippen molar-refractivity contribution in [1.82, 2.24) is 19.9 Å². The summed E-state index contributed by atoms with van der Waals surface area (Å²) < 4.78 is 48.1. The molecule has 0 radical (unpaired) electrons. The van der Waals surface area contributed by atoms with Crippen molar-refractivity contribution in [1.29, 1.82) is 0 Å². The molecular formula is C25H26ClF3N5OP. The summed E-state index contributed by atoms with van der Waals surface area (Å²) in [5, 5.41) is 3.24. The average molecular weight is 536 g/mol. The summed E-state index contributed by atoms with van der Waals surface area (Å²) in [5.41, 5.74) is 1.72. The van der Waals surface area contributed by atoms with E-state index < -0.39 is 17.5 Å². The minimum Gasteiger partial charge on any atom is -0.459 e. The Balaban J connectivity index is 0.00000176. The summed E-state index contributed by atoms with van der Waals surface area (Å²) in [6, 6.07) is 5.34. The van der Waals surface area contributed by atoms with E-state index >= 15 is 0 Å². The zero-order valence-corrected chi connectivity index (χ0v) is 22.2. The molecule has 0 spiro atoms. The molecule has 36 heavy (non-hydrogen) atoms. The fourth-order valence-electron chi connectivity index (χ4n) is 3.20. The van der Waals surface area contributed by atoms with Crippen molar-refractivity contribution in [3.63, 3.8) is 0 Å². The number of halogens is 4. The van der Waals surface area contributed by atoms with E-state index in [0.717, 1.165) is 6.07 Å². The van der Waals surface area contributed by atoms with Gasteiger partial charge in [-0.3, -0.25) is 0 Å². The van der Waals surface area contributed by atoms with Crippen LogP contribution in [0.15, 0.2) is 36.7 Å². The Morgan fingerprint density at radius 1 is 1.03 bits per heavy atom. The number of aromatic nitrogens is 4. The smallest absolute Gasteiger partial charge is 0.316 e. The van der Waals surface area contributed by atoms with Gasteiger partial charge in [-0.05, 0) is 26.3 Å². The van der Waals surface area contributed by atoms with Gasteiger partial charge >= 0.3 is 6.01 Å². The lowest BCUT2D eigenvalue weighted by atomic mass is 10.1. The fourth-order valence-corrected chi connectivity index (χ4v) is 3.77. The van der Waals surface area contributed by atoms with Gasteiger partial charge in [0.15, 0.2) is 17.5 Å². The molecule has 1 aromatic carbocycles. The Morgan fingerprint density at radius 3 is 2.39 bits per heavy atom. The van der Waals surface area contributed by atoms with Crippen LogP contribution in [0.4, 0.5) is 18.9 Å². The maximum atomic E-state index is 14.9. The molecule has 4 rings (SSSR count). The molecular weight excluding hydrogens is 510 g/mol. The molecule has 0 aliphatic carbocycles. The van der Waals surface area contributed by atoms with E-state index in [2.05, 4.69) is 38.6 Å². The van der Waals surface area contributed by atoms with Gasteiger partial charge < -0.3 is 10.1 Å². The normalized spacial score (nSPS) is 10.8. The van der Waals surface area contributed by atoms with E-state index in [-0.39, 0.29) is 47.8 Å². The first kappa shape index (κ1) is 27.6. The van der Waals surface area contributed by atoms with Crippen LogP contribution >= 0.6 is 19.5 Å². The molecule has 0 saturated heterocycles. The van der Waals surface area contributed by atoms with Crippen molar-refractivity contribution in [3.8, 4) is 17.3 Å². The van der Waals surface area contributed by atoms with Gasteiger partial charge in [-0.2, -0.15) is 0 Å². The van der Waals surface area contributed by atoms with Crippen LogP contribution in [0.1, 0.15) is 25.1 Å². The van der Waals surface area contributed by atoms with Crippen molar-refractivity contribution in [2.75, 3.05) is 25.0 Å². The lowest BCUT2D eigenvalue weighted by Gasteiger charge is -2.15. The van der Waals surface area contributed by atoms with Gasteiger partial charge in [0, 0.05) is 36.1 Å². The van der Waals surface area contributed by atoms with E-state index in [0.29, 0.717) is 23.3 Å². The molecule has 0 amide bonds. The number of hydrogen-bond donors (Lipinski definition) is 1. The van der Waals surface area contributed by atoms with E-state index in [4.69, 9.17) is 16.3 Å². The average Bonchev–Trinajstić information content (AvgIpc) is 2.87. The van der Waals surface area contributed by atoms with Gasteiger partial charge in [0.1, 0.15) is 17.6 Å². The summed E-state index contributed by atoms with van der Waals surface area (Å²) in [6.45, 7) is 9.72. The molecule has 4 aromatic rings. The zero-order valence-electron chi connectivity index (χ0n) is 20.5. The van der Waals surface area contributed by atoms with Crippen molar-refractivity contribution >= 4 is 36.2 Å². The monoisotopic (exact) mass is 535 g/mol. The van der Waals surface area contributed by atoms with Gasteiger partial charge in [-0.25, -0.2) is 33.1 Å². The number of pyridine rings is 2. The summed E-state index contributed by atoms with van der Waals surface area (Å²) >= 11 is 6.46. The molecule has 0 aliphatic heterocycles. The summed E-state index contributed by atoms with van der Waals surface area (Å²) in [6.07, 6.45) is 3.36. The number of nitrogens with zero attached hydrogens (tertiary/aromatic N) is 4. The lowest BCUT2D eigenvalue weighted by molar-refractivity contribution is 0.356. The van der Waals surface area contributed by atoms with Crippen molar-refractivity contribution in [3.05, 3.63) is 70.4 Å². The Kier molecular flexibility index (Phi) is 9.40. The molecule has 3 aromatic heterocycles. The van der Waals surface area contributed by atoms with E-state index in [9.17, 15) is 13.2 Å². The van der Waals surface area contributed by atoms with Gasteiger partial charge in [-0.1, -0.05) is 45.5 Å². The Hall–Kier alpha value is -3.03. The quantitative estimate of drug-likeness (QED) is 0.253. The Labute approximate surface area is 214 Å². The first-order valence-corrected chi connectivity index (χ1v) is 14.0. The number of ether oxygens (including phenoxy) is 1. The maximum Gasteiger partial charge on any atom is 0.316 e. The van der Waals surface area contributed by atoms with Gasteiger partial charge in [0.05, 0.1) is 21.9 Å². The standard InChI is InChI=1S/C23H20ClF3N5OP.C2H6/c1-12-18(24)22(28-8-13-5-4-6-15(25)19(13)27)21-17(31-12)7-16(26)20(32-21)14-9-29-23(30-10-14)33-11-34(2)3;1-2/h4-7,9-10H,8,11H2,1-3H3,(H,28,31);1-2H3. The third-order valence-corrected chi connectivity index (χ3v) is 5.97. The molecule has 3 heterocycles. The van der Waals surface area contributed by atoms with Crippen molar-refractivity contribution in [2.24, 2.45) is 0 Å². The highest BCUT2D eigenvalue weighted by molar-refractivity contribution is 7.55. The zero-order chi connectivity index (χ0) is 26.4. The molecule has 0 aliphatic rings. The molecule has 0 saturated carbocycles. The minimum atomic E-state index is -0.959. The SMILES string of the molecule is CC.Cc1nc2cc(F)c(-c3cnc(OCP(C)C)nc3)nc2c(NCc2cccc(F)c2F)c1Cl. The minimum absolute atomic E-state index is 0.00556. The van der Waals surface area contributed by atoms with Crippen LogP contribution in [-0.4, -0.2) is 39.6 Å². The van der Waals surface area contributed by atoms with Crippen LogP contribution in [-0.2, 0) is 6.54 Å². The van der Waals surface area contributed by atoms with Crippen molar-refractivity contribution in [2.45, 2.75) is 27.3 Å². The molecule has 0 unspecified atom stereocenters. The number of anilines is 1. The van der Waals surface area contributed by atoms with Crippen LogP contribution in [0, 0.1) is 24.4 Å². The molecule has 0 atom stereocenters. The summed E-state index contributed by atoms with van der Waals surface area (Å²) in [4.78, 5) is 17.0. The van der Waals surface area contributed by atoms with Crippen LogP contribution in [0.5, 0.6) is 6.01 Å². The van der Waals surface area contributed by atoms with Crippen LogP contribution in [0.2, 0.25) is 5.02 Å². The third-order valence-electron chi connectivity index (χ3n) is 4.86. The van der Waals surface area contributed by atoms with E-state index in [1.165, 1.54) is 30.6 Å². The topological polar surface area (TPSA) is 72.8 Å². The Morgan fingerprint density at radius 2 is 1.72 bits per heavy atom. The molecule has 190 valence electrons. The van der Waals surface area contributed by atoms with Gasteiger partial charge in [0.2, 0.25) is 0 Å². The van der Waals surface area contributed by atoms with Crippen LogP contribution in [0.3, 0.4) is 0 Å². The summed E-state index contributed by atoms with van der Waals surface area (Å²) in [7, 11) is -0.280. The second-order valence-corrected chi connectivity index (χ2v) is 10.5. The van der Waals surface area contributed by atoms with Crippen LogP contribution in [0.25, 0.3) is 22.3 Å². The number of nitrogens with one attached hydrogen (secondary N) is 1. The summed E-state index contributed by atoms with van der Waals surface area (Å²) in [5.74, 6) is -2.53. The highest BCUT2D eigenvalue weighted by Crippen LogP contribution is 2.34. The molecule has 11 heteroatoms. The van der Waals surface area contributed by atoms with Crippen molar-refractivity contribution < 1.29 is 17.9 Å². The predicted octanol–water partition coefficient (Wildman–Crippen LogP) is 7.18. The number of hydrogen-bond acceptors (Lipinski definition) is 6. The number of fused-ring (bicyclic) bond motifs is 1. The van der Waals surface area contributed by atoms with Gasteiger partial charge in [-0.15, -0.1) is 0 Å². The highest BCUT2D eigenvalue weighted by atomic mass is 35.5. The number of rotatable bonds is 7. The maximum absolute atomic E-state index is 14.9. The molecule has 6 nitrogen and oxygen atoms in total. The van der Waals surface area contributed by atoms with Gasteiger partial charge in [0.25, 0.3) is 0 Å².